The summed E-state index contributed by atoms with van der Waals surface area (Å²) in [5.74, 6) is 0. The Morgan fingerprint density at radius 2 is 2.44 bits per heavy atom. The maximum absolute atomic E-state index is 9.94. The van der Waals surface area contributed by atoms with Gasteiger partial charge in [-0.25, -0.2) is 10.2 Å². The lowest BCUT2D eigenvalue weighted by Crippen LogP contribution is -2.24. The molecule has 50 valence electrons. The minimum absolute atomic E-state index is 0.657. The first-order valence-electron chi connectivity index (χ1n) is 2.47. The normalized spacial score (nSPS) is 10.8. The number of nitrogens with one attached hydrogen (secondary N) is 1. The number of amides is 2. The monoisotopic (exact) mass is 127 g/mol. The van der Waals surface area contributed by atoms with Crippen LogP contribution in [-0.4, -0.2) is 12.2 Å². The molecule has 0 aliphatic carbocycles. The van der Waals surface area contributed by atoms with Gasteiger partial charge >= 0.3 is 6.03 Å². The van der Waals surface area contributed by atoms with Crippen LogP contribution in [0.5, 0.6) is 0 Å². The molecular weight excluding hydrogens is 118 g/mol. The second-order valence-electron chi connectivity index (χ2n) is 1.28. The number of carbonyl (C=O) groups excluding carboxylic acids is 1. The first-order valence-corrected chi connectivity index (χ1v) is 2.47. The molecule has 0 rings (SSSR count). The van der Waals surface area contributed by atoms with E-state index >= 15 is 0 Å². The molecule has 4 nitrogen and oxygen atoms in total. The third-order valence-electron chi connectivity index (χ3n) is 0.528. The first kappa shape index (κ1) is 7.68. The van der Waals surface area contributed by atoms with E-state index < -0.39 is 6.03 Å². The molecule has 9 heavy (non-hydrogen) atoms. The topological polar surface area (TPSA) is 67.5 Å². The quantitative estimate of drug-likeness (QED) is 0.404. The highest BCUT2D eigenvalue weighted by Gasteiger charge is 1.79. The Morgan fingerprint density at radius 3 is 2.89 bits per heavy atom. The Bertz CT molecular complexity index is 139. The van der Waals surface area contributed by atoms with Crippen molar-refractivity contribution in [2.45, 2.75) is 6.92 Å². The van der Waals surface area contributed by atoms with E-state index in [0.717, 1.165) is 0 Å². The van der Waals surface area contributed by atoms with Crippen LogP contribution < -0.4 is 11.2 Å². The summed E-state index contributed by atoms with van der Waals surface area (Å²) in [5, 5.41) is 3.42. The lowest BCUT2D eigenvalue weighted by Gasteiger charge is -1.85. The number of nitrogens with zero attached hydrogens (tertiary/aromatic N) is 1. The van der Waals surface area contributed by atoms with Gasteiger partial charge in [0.25, 0.3) is 0 Å². The van der Waals surface area contributed by atoms with Crippen molar-refractivity contribution >= 4 is 12.2 Å². The molecule has 0 unspecified atom stereocenters. The molecule has 0 radical (unpaired) electrons. The highest BCUT2D eigenvalue weighted by atomic mass is 16.2. The third kappa shape index (κ3) is 6.68. The number of rotatable bonds is 2. The predicted molar refractivity (Wildman–Crippen MR) is 36.0 cm³/mol. The van der Waals surface area contributed by atoms with Gasteiger partial charge in [0.15, 0.2) is 0 Å². The van der Waals surface area contributed by atoms with Gasteiger partial charge in [-0.15, -0.1) is 0 Å². The number of hydrogen-bond donors (Lipinski definition) is 2. The van der Waals surface area contributed by atoms with Crippen molar-refractivity contribution < 1.29 is 4.79 Å². The minimum atomic E-state index is -0.657. The molecule has 0 aromatic rings. The molecule has 0 fully saturated rings. The average molecular weight is 127 g/mol. The van der Waals surface area contributed by atoms with Gasteiger partial charge in [-0.1, -0.05) is 6.08 Å². The largest absolute Gasteiger partial charge is 0.350 e. The van der Waals surface area contributed by atoms with E-state index in [1.807, 2.05) is 12.3 Å². The van der Waals surface area contributed by atoms with E-state index in [9.17, 15) is 4.79 Å². The summed E-state index contributed by atoms with van der Waals surface area (Å²) in [6.07, 6.45) is 4.90. The van der Waals surface area contributed by atoms with E-state index in [0.29, 0.717) is 0 Å². The van der Waals surface area contributed by atoms with Crippen LogP contribution in [0.1, 0.15) is 6.92 Å². The molecule has 0 aromatic carbocycles. The summed E-state index contributed by atoms with van der Waals surface area (Å²) in [7, 11) is 0. The smallest absolute Gasteiger partial charge is 0.332 e. The van der Waals surface area contributed by atoms with E-state index in [-0.39, 0.29) is 0 Å². The Morgan fingerprint density at radius 1 is 1.78 bits per heavy atom. The first-order chi connectivity index (χ1) is 4.27. The third-order valence-corrected chi connectivity index (χ3v) is 0.528. The molecule has 2 amide bonds. The molecule has 0 spiro atoms. The minimum Gasteiger partial charge on any atom is -0.350 e. The highest BCUT2D eigenvalue weighted by molar-refractivity contribution is 5.75. The summed E-state index contributed by atoms with van der Waals surface area (Å²) < 4.78 is 0. The van der Waals surface area contributed by atoms with Crippen LogP contribution in [0.15, 0.2) is 17.3 Å². The number of carbonyl (C=O) groups is 1. The number of urea groups is 1. The van der Waals surface area contributed by atoms with Gasteiger partial charge in [0.05, 0.1) is 0 Å². The number of hydrazone groups is 1. The van der Waals surface area contributed by atoms with Crippen molar-refractivity contribution in [2.75, 3.05) is 0 Å². The molecule has 0 saturated heterocycles. The van der Waals surface area contributed by atoms with Crippen LogP contribution in [0.25, 0.3) is 0 Å². The van der Waals surface area contributed by atoms with Gasteiger partial charge in [-0.2, -0.15) is 5.10 Å². The van der Waals surface area contributed by atoms with Gasteiger partial charge in [-0.3, -0.25) is 0 Å². The van der Waals surface area contributed by atoms with Gasteiger partial charge < -0.3 is 5.73 Å². The summed E-state index contributed by atoms with van der Waals surface area (Å²) in [6, 6.07) is -0.657. The Hall–Kier alpha value is -1.32. The van der Waals surface area contributed by atoms with Crippen LogP contribution in [0, 0.1) is 0 Å². The Kier molecular flexibility index (Phi) is 4.12. The lowest BCUT2D eigenvalue weighted by molar-refractivity contribution is 0.249. The number of allylic oxidation sites excluding steroid dienone is 2. The van der Waals surface area contributed by atoms with Gasteiger partial charge in [0.2, 0.25) is 0 Å². The second-order valence-corrected chi connectivity index (χ2v) is 1.28. The molecular formula is C5H9N3O. The SMILES string of the molecule is CC=CC=NNC(N)=O. The summed E-state index contributed by atoms with van der Waals surface area (Å²) >= 11 is 0. The van der Waals surface area contributed by atoms with Crippen LogP contribution in [0.2, 0.25) is 0 Å². The fraction of sp³-hybridized carbons (Fsp3) is 0.200. The molecule has 0 atom stereocenters. The summed E-state index contributed by atoms with van der Waals surface area (Å²) in [5.41, 5.74) is 6.72. The average Bonchev–Trinajstić information content (AvgIpc) is 1.80. The van der Waals surface area contributed by atoms with Crippen LogP contribution in [0.4, 0.5) is 4.79 Å². The van der Waals surface area contributed by atoms with Crippen molar-refractivity contribution in [1.82, 2.24) is 5.43 Å². The van der Waals surface area contributed by atoms with E-state index in [4.69, 9.17) is 0 Å². The maximum Gasteiger partial charge on any atom is 0.332 e. The number of primary amides is 1. The van der Waals surface area contributed by atoms with Crippen LogP contribution >= 0.6 is 0 Å². The predicted octanol–water partition coefficient (Wildman–Crippen LogP) is 0.217. The van der Waals surface area contributed by atoms with Gasteiger partial charge in [0.1, 0.15) is 0 Å². The van der Waals surface area contributed by atoms with Gasteiger partial charge in [-0.05, 0) is 13.0 Å². The lowest BCUT2D eigenvalue weighted by atomic mass is 10.6. The Balaban J connectivity index is 3.36. The highest BCUT2D eigenvalue weighted by Crippen LogP contribution is 1.62. The van der Waals surface area contributed by atoms with Crippen molar-refractivity contribution in [3.63, 3.8) is 0 Å². The van der Waals surface area contributed by atoms with Crippen molar-refractivity contribution in [1.29, 1.82) is 0 Å². The molecule has 0 aromatic heterocycles. The molecule has 0 heterocycles. The molecule has 0 aliphatic rings. The number of hydrogen-bond acceptors (Lipinski definition) is 2. The van der Waals surface area contributed by atoms with E-state index in [1.54, 1.807) is 12.2 Å². The van der Waals surface area contributed by atoms with Crippen molar-refractivity contribution in [3.05, 3.63) is 12.2 Å². The molecule has 3 N–H and O–H groups in total. The second kappa shape index (κ2) is 4.83. The zero-order valence-corrected chi connectivity index (χ0v) is 5.16. The number of nitrogens with two attached hydrogens (primary N) is 1. The van der Waals surface area contributed by atoms with Crippen LogP contribution in [-0.2, 0) is 0 Å². The van der Waals surface area contributed by atoms with E-state index in [2.05, 4.69) is 10.8 Å². The molecule has 0 saturated carbocycles. The fourth-order valence-electron chi connectivity index (χ4n) is 0.230. The van der Waals surface area contributed by atoms with E-state index in [1.165, 1.54) is 6.21 Å². The van der Waals surface area contributed by atoms with Crippen LogP contribution in [0.3, 0.4) is 0 Å². The zero-order chi connectivity index (χ0) is 7.11. The molecule has 0 aliphatic heterocycles. The van der Waals surface area contributed by atoms with Crippen molar-refractivity contribution in [2.24, 2.45) is 10.8 Å². The maximum atomic E-state index is 9.94. The zero-order valence-electron chi connectivity index (χ0n) is 5.16. The summed E-state index contributed by atoms with van der Waals surface area (Å²) in [6.45, 7) is 1.84. The van der Waals surface area contributed by atoms with Gasteiger partial charge in [0, 0.05) is 6.21 Å². The molecule has 4 heteroatoms. The Labute approximate surface area is 53.4 Å². The van der Waals surface area contributed by atoms with Crippen molar-refractivity contribution in [3.8, 4) is 0 Å². The standard InChI is InChI=1S/C5H9N3O/c1-2-3-4-7-8-5(6)9/h2-4H,1H3,(H3,6,8,9). The summed E-state index contributed by atoms with van der Waals surface area (Å²) in [4.78, 5) is 9.94. The fourth-order valence-corrected chi connectivity index (χ4v) is 0.230. The molecule has 0 bridgehead atoms.